The van der Waals surface area contributed by atoms with Crippen molar-refractivity contribution in [3.63, 3.8) is 0 Å². The number of carbonyl (C=O) groups excluding carboxylic acids is 5. The molecule has 0 bridgehead atoms. The van der Waals surface area contributed by atoms with Crippen LogP contribution in [0.15, 0.2) is 60.7 Å². The Labute approximate surface area is 425 Å². The van der Waals surface area contributed by atoms with E-state index in [4.69, 9.17) is 35.5 Å². The average Bonchev–Trinajstić information content (AvgIpc) is 3.21. The van der Waals surface area contributed by atoms with E-state index in [-0.39, 0.29) is 67.2 Å². The highest BCUT2D eigenvalue weighted by Crippen LogP contribution is 2.42. The van der Waals surface area contributed by atoms with Gasteiger partial charge in [-0.15, -0.1) is 12.4 Å². The monoisotopic (exact) mass is 1040 g/mol. The van der Waals surface area contributed by atoms with Crippen molar-refractivity contribution in [2.45, 2.75) is 219 Å². The third-order valence-corrected chi connectivity index (χ3v) is 11.3. The molecule has 3 aliphatic carbocycles. The van der Waals surface area contributed by atoms with Crippen LogP contribution in [0.4, 0.5) is 22.8 Å². The van der Waals surface area contributed by atoms with E-state index in [9.17, 15) is 47.4 Å². The number of hydrogen-bond acceptors (Lipinski definition) is 13. The van der Waals surface area contributed by atoms with Crippen LogP contribution >= 0.6 is 12.4 Å². The van der Waals surface area contributed by atoms with Crippen LogP contribution in [0.2, 0.25) is 0 Å². The number of rotatable bonds is 18. The van der Waals surface area contributed by atoms with E-state index in [0.29, 0.717) is 38.5 Å². The van der Waals surface area contributed by atoms with Crippen LogP contribution in [0.5, 0.6) is 0 Å². The largest absolute Gasteiger partial charge is 0.458 e. The van der Waals surface area contributed by atoms with E-state index < -0.39 is 94.7 Å². The van der Waals surface area contributed by atoms with Gasteiger partial charge in [0.15, 0.2) is 12.1 Å². The lowest BCUT2D eigenvalue weighted by atomic mass is 9.77. The smallest absolute Gasteiger partial charge is 0.408 e. The van der Waals surface area contributed by atoms with Crippen molar-refractivity contribution >= 4 is 42.4 Å². The number of hydrogen-bond donors (Lipinski definition) is 7. The molecule has 71 heavy (non-hydrogen) atoms. The van der Waals surface area contributed by atoms with Crippen molar-refractivity contribution in [1.29, 1.82) is 0 Å². The molecule has 6 atom stereocenters. The molecule has 0 radical (unpaired) electrons. The zero-order valence-corrected chi connectivity index (χ0v) is 40.7. The highest BCUT2D eigenvalue weighted by molar-refractivity contribution is 5.85. The Morgan fingerprint density at radius 3 is 1.34 bits per heavy atom. The molecule has 2 aromatic rings. The van der Waals surface area contributed by atoms with Crippen molar-refractivity contribution in [2.24, 2.45) is 11.5 Å². The number of primary amides is 1. The van der Waals surface area contributed by atoms with Crippen molar-refractivity contribution in [2.75, 3.05) is 0 Å². The second kappa shape index (κ2) is 30.4. The standard InChI is InChI=1S/2C20H28FNO5.C8H15FN2O2.3CH4.ClH/c1-19(2,3)27-17(24)16(15(23)12-20(21)10-7-11-20)22-18(25)26-13-14-8-5-4-6-9-14;1-19(2,3)27-17(24)16(23)15(12-20(21)10-7-11-20)22-18(25)26-13-14-8-5-4-6-9-14;9-8(2-1-3-8)4-5(10)6(12)7(11)13;;;;/h2*4-6,8-9,15-16,23H,7,10-13H2,1-3H3,(H,22,25);5-6,12H,1-4,10H2,(H2,11,13);3*1H4;1H. The fraction of sp³-hybridized carbons (Fsp3) is 0.667. The first kappa shape index (κ1) is 68.4. The van der Waals surface area contributed by atoms with Crippen LogP contribution in [-0.2, 0) is 46.5 Å². The fourth-order valence-corrected chi connectivity index (χ4v) is 7.18. The lowest BCUT2D eigenvalue weighted by Gasteiger charge is -2.38. The van der Waals surface area contributed by atoms with Crippen LogP contribution in [0.3, 0.4) is 0 Å². The summed E-state index contributed by atoms with van der Waals surface area (Å²) in [4.78, 5) is 59.3. The van der Waals surface area contributed by atoms with E-state index in [1.54, 1.807) is 65.8 Å². The molecule has 5 rings (SSSR count). The fourth-order valence-electron chi connectivity index (χ4n) is 7.18. The summed E-state index contributed by atoms with van der Waals surface area (Å²) in [5.41, 5.74) is 5.91. The molecule has 0 aliphatic heterocycles. The quantitative estimate of drug-likeness (QED) is 0.0548. The summed E-state index contributed by atoms with van der Waals surface area (Å²) < 4.78 is 63.0. The molecule has 16 nitrogen and oxygen atoms in total. The minimum absolute atomic E-state index is 0. The third kappa shape index (κ3) is 25.0. The Bertz CT molecular complexity index is 1900. The zero-order valence-electron chi connectivity index (χ0n) is 39.8. The molecule has 3 aliphatic rings. The molecule has 3 saturated carbocycles. The van der Waals surface area contributed by atoms with Crippen LogP contribution in [0, 0.1) is 0 Å². The second-order valence-corrected chi connectivity index (χ2v) is 19.7. The van der Waals surface area contributed by atoms with Crippen LogP contribution in [0.25, 0.3) is 0 Å². The maximum absolute atomic E-state index is 14.6. The first-order valence-corrected chi connectivity index (χ1v) is 22.7. The van der Waals surface area contributed by atoms with Gasteiger partial charge in [0.05, 0.1) is 12.1 Å². The predicted octanol–water partition coefficient (Wildman–Crippen LogP) is 8.30. The summed E-state index contributed by atoms with van der Waals surface area (Å²) >= 11 is 0. The minimum Gasteiger partial charge on any atom is -0.458 e. The summed E-state index contributed by atoms with van der Waals surface area (Å²) in [6.45, 7) is 10.0. The Kier molecular flexibility index (Phi) is 29.3. The summed E-state index contributed by atoms with van der Waals surface area (Å²) in [6, 6.07) is 14.7. The molecule has 20 heteroatoms. The number of aliphatic hydroxyl groups excluding tert-OH is 3. The van der Waals surface area contributed by atoms with Gasteiger partial charge in [-0.05, 0) is 117 Å². The van der Waals surface area contributed by atoms with Gasteiger partial charge in [-0.3, -0.25) is 4.79 Å². The van der Waals surface area contributed by atoms with Gasteiger partial charge in [0.2, 0.25) is 5.91 Å². The number of nitrogens with two attached hydrogens (primary N) is 2. The first-order chi connectivity index (χ1) is 31.1. The number of carbonyl (C=O) groups is 5. The van der Waals surface area contributed by atoms with E-state index in [1.165, 1.54) is 0 Å². The summed E-state index contributed by atoms with van der Waals surface area (Å²) in [6.07, 6.45) is -2.02. The highest BCUT2D eigenvalue weighted by Gasteiger charge is 2.45. The molecule has 9 N–H and O–H groups in total. The lowest BCUT2D eigenvalue weighted by Crippen LogP contribution is -2.53. The first-order valence-electron chi connectivity index (χ1n) is 22.7. The number of benzene rings is 2. The Hall–Kier alpha value is -4.69. The van der Waals surface area contributed by atoms with Gasteiger partial charge in [0.1, 0.15) is 47.5 Å². The van der Waals surface area contributed by atoms with Crippen LogP contribution in [0.1, 0.15) is 152 Å². The number of amides is 3. The van der Waals surface area contributed by atoms with Crippen molar-refractivity contribution < 1.29 is 71.4 Å². The van der Waals surface area contributed by atoms with Gasteiger partial charge >= 0.3 is 24.1 Å². The normalized spacial score (nSPS) is 18.2. The number of ether oxygens (including phenoxy) is 4. The lowest BCUT2D eigenvalue weighted by molar-refractivity contribution is -0.167. The molecule has 0 aromatic heterocycles. The summed E-state index contributed by atoms with van der Waals surface area (Å²) in [5, 5.41) is 34.6. The van der Waals surface area contributed by atoms with Gasteiger partial charge in [-0.2, -0.15) is 0 Å². The average molecular weight is 1040 g/mol. The molecule has 0 saturated heterocycles. The van der Waals surface area contributed by atoms with Gasteiger partial charge in [0.25, 0.3) is 0 Å². The number of alkyl carbamates (subject to hydrolysis) is 2. The maximum Gasteiger partial charge on any atom is 0.408 e. The third-order valence-electron chi connectivity index (χ3n) is 11.3. The minimum atomic E-state index is -1.68. The van der Waals surface area contributed by atoms with Crippen LogP contribution < -0.4 is 22.1 Å². The topological polar surface area (TPSA) is 259 Å². The zero-order chi connectivity index (χ0) is 50.2. The van der Waals surface area contributed by atoms with E-state index in [0.717, 1.165) is 30.4 Å². The predicted molar refractivity (Wildman–Crippen MR) is 268 cm³/mol. The Morgan fingerprint density at radius 1 is 0.606 bits per heavy atom. The van der Waals surface area contributed by atoms with E-state index in [2.05, 4.69) is 10.6 Å². The molecule has 408 valence electrons. The number of esters is 2. The number of aliphatic hydroxyl groups is 3. The Morgan fingerprint density at radius 2 is 0.972 bits per heavy atom. The van der Waals surface area contributed by atoms with Crippen molar-refractivity contribution in [3.05, 3.63) is 71.8 Å². The highest BCUT2D eigenvalue weighted by atomic mass is 35.5. The van der Waals surface area contributed by atoms with Gasteiger partial charge in [-0.1, -0.05) is 82.9 Å². The molecule has 0 spiro atoms. The second-order valence-electron chi connectivity index (χ2n) is 19.7. The summed E-state index contributed by atoms with van der Waals surface area (Å²) in [5.74, 6) is -2.62. The molecule has 6 unspecified atom stereocenters. The molecule has 2 aromatic carbocycles. The van der Waals surface area contributed by atoms with Gasteiger partial charge in [-0.25, -0.2) is 32.3 Å². The van der Waals surface area contributed by atoms with Crippen molar-refractivity contribution in [3.8, 4) is 0 Å². The number of halogens is 4. The molecular weight excluding hydrogens is 953 g/mol. The van der Waals surface area contributed by atoms with Crippen LogP contribution in [-0.4, -0.2) is 110 Å². The SMILES string of the molecule is C.C.C.CC(C)(C)OC(=O)C(NC(=O)OCc1ccccc1)C(O)CC1(F)CCC1.CC(C)(C)OC(=O)C(O)C(CC1(F)CCC1)NC(=O)OCc1ccccc1.Cl.NC(=O)C(O)C(N)CC1(F)CCC1. The molecular formula is C51H84ClF3N4O12. The molecule has 0 heterocycles. The maximum atomic E-state index is 14.6. The Balaban J connectivity index is 0. The van der Waals surface area contributed by atoms with Crippen molar-refractivity contribution in [1.82, 2.24) is 10.6 Å². The molecule has 3 amide bonds. The van der Waals surface area contributed by atoms with Gasteiger partial charge < -0.3 is 56.4 Å². The number of nitrogens with one attached hydrogen (secondary N) is 2. The summed E-state index contributed by atoms with van der Waals surface area (Å²) in [7, 11) is 0. The van der Waals surface area contributed by atoms with Gasteiger partial charge in [0, 0.05) is 18.9 Å². The van der Waals surface area contributed by atoms with E-state index in [1.807, 2.05) is 36.4 Å². The van der Waals surface area contributed by atoms with E-state index >= 15 is 0 Å². The number of alkyl halides is 3. The molecule has 3 fully saturated rings.